The first-order valence-electron chi connectivity index (χ1n) is 21.5. The smallest absolute Gasteiger partial charge is 0.159 e. The van der Waals surface area contributed by atoms with Crippen LogP contribution in [0.25, 0.3) is 65.7 Å². The highest BCUT2D eigenvalue weighted by atomic mass is 16.5. The zero-order valence-electron chi connectivity index (χ0n) is 34.4. The molecular formula is C60H40N2O. The van der Waals surface area contributed by atoms with Crippen molar-refractivity contribution in [3.8, 4) is 44.9 Å². The Morgan fingerprint density at radius 3 is 1.32 bits per heavy atom. The molecular weight excluding hydrogens is 765 g/mol. The lowest BCUT2D eigenvalue weighted by Gasteiger charge is -2.31. The van der Waals surface area contributed by atoms with Gasteiger partial charge in [0, 0.05) is 39.4 Å². The molecule has 11 aromatic carbocycles. The predicted octanol–water partition coefficient (Wildman–Crippen LogP) is 17.2. The van der Waals surface area contributed by atoms with Gasteiger partial charge < -0.3 is 14.5 Å². The summed E-state index contributed by atoms with van der Waals surface area (Å²) in [6, 6.07) is 86.9. The summed E-state index contributed by atoms with van der Waals surface area (Å²) in [5, 5.41) is 7.20. The van der Waals surface area contributed by atoms with E-state index in [1.165, 1.54) is 43.8 Å². The van der Waals surface area contributed by atoms with Crippen molar-refractivity contribution in [2.24, 2.45) is 0 Å². The second-order valence-corrected chi connectivity index (χ2v) is 16.1. The van der Waals surface area contributed by atoms with E-state index in [1.807, 2.05) is 0 Å². The number of benzene rings is 11. The molecule has 0 saturated heterocycles. The molecule has 296 valence electrons. The van der Waals surface area contributed by atoms with Gasteiger partial charge in [0.15, 0.2) is 5.75 Å². The van der Waals surface area contributed by atoms with Gasteiger partial charge in [0.2, 0.25) is 0 Å². The average Bonchev–Trinajstić information content (AvgIpc) is 3.36. The number of fused-ring (bicyclic) bond motifs is 4. The predicted molar refractivity (Wildman–Crippen MR) is 265 cm³/mol. The van der Waals surface area contributed by atoms with Crippen molar-refractivity contribution in [2.45, 2.75) is 0 Å². The Hall–Kier alpha value is -8.40. The molecule has 11 aromatic rings. The van der Waals surface area contributed by atoms with Crippen molar-refractivity contribution in [2.75, 3.05) is 9.80 Å². The second kappa shape index (κ2) is 15.3. The van der Waals surface area contributed by atoms with Crippen LogP contribution in [0.1, 0.15) is 0 Å². The Balaban J connectivity index is 0.998. The van der Waals surface area contributed by atoms with E-state index in [9.17, 15) is 0 Å². The number of rotatable bonds is 8. The molecule has 1 aliphatic heterocycles. The van der Waals surface area contributed by atoms with Crippen LogP contribution in [0, 0.1) is 0 Å². The highest BCUT2D eigenvalue weighted by Crippen LogP contribution is 2.54. The molecule has 12 rings (SSSR count). The number of anilines is 6. The molecule has 0 fully saturated rings. The standard InChI is InChI=1S/C60H40N2O/c1-3-19-46(20-4-1)62(47-21-5-2-6-22-47)57-38-32-45-18-13-27-55-56-40-50(37-39-58(56)63-60(57)59(45)55)61(48-33-28-43(29-34-48)53-25-11-16-41-14-7-9-23-51(41)53)49-35-30-44(31-36-49)54-26-12-17-42-15-8-10-24-52(42)54/h1-40H. The Labute approximate surface area is 367 Å². The fourth-order valence-corrected chi connectivity index (χ4v) is 9.47. The molecule has 0 amide bonds. The highest BCUT2D eigenvalue weighted by Gasteiger charge is 2.27. The van der Waals surface area contributed by atoms with Crippen molar-refractivity contribution >= 4 is 66.4 Å². The largest absolute Gasteiger partial charge is 0.454 e. The topological polar surface area (TPSA) is 15.7 Å². The summed E-state index contributed by atoms with van der Waals surface area (Å²) < 4.78 is 7.09. The van der Waals surface area contributed by atoms with Gasteiger partial charge in [-0.2, -0.15) is 0 Å². The molecule has 0 saturated carbocycles. The number of para-hydroxylation sites is 2. The van der Waals surface area contributed by atoms with E-state index in [0.717, 1.165) is 67.5 Å². The lowest BCUT2D eigenvalue weighted by Crippen LogP contribution is -2.13. The van der Waals surface area contributed by atoms with Gasteiger partial charge in [-0.3, -0.25) is 0 Å². The first-order valence-corrected chi connectivity index (χ1v) is 21.5. The normalized spacial score (nSPS) is 11.6. The van der Waals surface area contributed by atoms with Crippen LogP contribution >= 0.6 is 0 Å². The van der Waals surface area contributed by atoms with Crippen LogP contribution in [0.4, 0.5) is 34.1 Å². The fourth-order valence-electron chi connectivity index (χ4n) is 9.47. The zero-order valence-corrected chi connectivity index (χ0v) is 34.4. The molecule has 3 nitrogen and oxygen atoms in total. The van der Waals surface area contributed by atoms with Crippen LogP contribution in [0.15, 0.2) is 243 Å². The van der Waals surface area contributed by atoms with Crippen molar-refractivity contribution in [1.82, 2.24) is 0 Å². The maximum absolute atomic E-state index is 7.09. The minimum absolute atomic E-state index is 0.824. The Kier molecular flexibility index (Phi) is 8.83. The maximum atomic E-state index is 7.09. The van der Waals surface area contributed by atoms with E-state index in [-0.39, 0.29) is 0 Å². The lowest BCUT2D eigenvalue weighted by atomic mass is 9.93. The molecule has 0 radical (unpaired) electrons. The van der Waals surface area contributed by atoms with Gasteiger partial charge in [-0.05, 0) is 128 Å². The molecule has 0 aromatic heterocycles. The van der Waals surface area contributed by atoms with Crippen molar-refractivity contribution in [3.05, 3.63) is 243 Å². The third-order valence-electron chi connectivity index (χ3n) is 12.4. The third kappa shape index (κ3) is 6.38. The summed E-state index contributed by atoms with van der Waals surface area (Å²) in [4.78, 5) is 4.65. The van der Waals surface area contributed by atoms with E-state index in [2.05, 4.69) is 252 Å². The summed E-state index contributed by atoms with van der Waals surface area (Å²) in [7, 11) is 0. The quantitative estimate of drug-likeness (QED) is 0.152. The van der Waals surface area contributed by atoms with Gasteiger partial charge in [0.25, 0.3) is 0 Å². The van der Waals surface area contributed by atoms with E-state index in [1.54, 1.807) is 0 Å². The Morgan fingerprint density at radius 2 is 0.746 bits per heavy atom. The van der Waals surface area contributed by atoms with Crippen molar-refractivity contribution < 1.29 is 4.74 Å². The summed E-state index contributed by atoms with van der Waals surface area (Å²) in [5.41, 5.74) is 13.3. The van der Waals surface area contributed by atoms with Gasteiger partial charge in [0.05, 0.1) is 5.69 Å². The van der Waals surface area contributed by atoms with Crippen molar-refractivity contribution in [1.29, 1.82) is 0 Å². The summed E-state index contributed by atoms with van der Waals surface area (Å²) in [5.74, 6) is 1.67. The minimum Gasteiger partial charge on any atom is -0.454 e. The number of hydrogen-bond donors (Lipinski definition) is 0. The summed E-state index contributed by atoms with van der Waals surface area (Å²) in [6.07, 6.45) is 0. The van der Waals surface area contributed by atoms with Crippen LogP contribution in [-0.4, -0.2) is 0 Å². The summed E-state index contributed by atoms with van der Waals surface area (Å²) in [6.45, 7) is 0. The summed E-state index contributed by atoms with van der Waals surface area (Å²) >= 11 is 0. The SMILES string of the molecule is c1ccc(N(c2ccccc2)c2ccc3cccc4c3c2Oc2ccc(N(c3ccc(-c5cccc6ccccc56)cc3)c3ccc(-c5cccc6ccccc56)cc3)cc2-4)cc1. The van der Waals surface area contributed by atoms with Crippen molar-refractivity contribution in [3.63, 3.8) is 0 Å². The molecule has 0 spiro atoms. The Morgan fingerprint density at radius 1 is 0.286 bits per heavy atom. The van der Waals surface area contributed by atoms with E-state index >= 15 is 0 Å². The lowest BCUT2D eigenvalue weighted by molar-refractivity contribution is 0.488. The van der Waals surface area contributed by atoms with Crippen LogP contribution < -0.4 is 14.5 Å². The molecule has 1 aliphatic rings. The number of hydrogen-bond acceptors (Lipinski definition) is 3. The van der Waals surface area contributed by atoms with Crippen LogP contribution in [0.3, 0.4) is 0 Å². The van der Waals surface area contributed by atoms with Gasteiger partial charge in [-0.1, -0.05) is 170 Å². The van der Waals surface area contributed by atoms with Crippen LogP contribution in [0.2, 0.25) is 0 Å². The molecule has 0 unspecified atom stereocenters. The molecule has 1 heterocycles. The van der Waals surface area contributed by atoms with Crippen LogP contribution in [-0.2, 0) is 0 Å². The van der Waals surface area contributed by atoms with Gasteiger partial charge in [-0.15, -0.1) is 0 Å². The molecule has 0 bridgehead atoms. The van der Waals surface area contributed by atoms with Gasteiger partial charge >= 0.3 is 0 Å². The van der Waals surface area contributed by atoms with E-state index < -0.39 is 0 Å². The molecule has 0 N–H and O–H groups in total. The monoisotopic (exact) mass is 804 g/mol. The molecule has 0 aliphatic carbocycles. The van der Waals surface area contributed by atoms with Gasteiger partial charge in [0.1, 0.15) is 5.75 Å². The van der Waals surface area contributed by atoms with Crippen LogP contribution in [0.5, 0.6) is 11.5 Å². The van der Waals surface area contributed by atoms with E-state index in [4.69, 9.17) is 4.74 Å². The third-order valence-corrected chi connectivity index (χ3v) is 12.4. The van der Waals surface area contributed by atoms with E-state index in [0.29, 0.717) is 0 Å². The minimum atomic E-state index is 0.824. The van der Waals surface area contributed by atoms with Gasteiger partial charge in [-0.25, -0.2) is 0 Å². The highest BCUT2D eigenvalue weighted by molar-refractivity contribution is 6.09. The first kappa shape index (κ1) is 36.5. The fraction of sp³-hybridized carbons (Fsp3) is 0. The number of nitrogens with zero attached hydrogens (tertiary/aromatic N) is 2. The average molecular weight is 805 g/mol. The molecule has 3 heteroatoms. The number of ether oxygens (including phenoxy) is 1. The first-order chi connectivity index (χ1) is 31.2. The Bertz CT molecular complexity index is 3300. The second-order valence-electron chi connectivity index (χ2n) is 16.1. The molecule has 63 heavy (non-hydrogen) atoms. The maximum Gasteiger partial charge on any atom is 0.159 e. The molecule has 0 atom stereocenters. The zero-order chi connectivity index (χ0) is 41.7.